The van der Waals surface area contributed by atoms with Crippen molar-refractivity contribution in [2.45, 2.75) is 77.6 Å². The van der Waals surface area contributed by atoms with Gasteiger partial charge in [-0.15, -0.1) is 0 Å². The number of ether oxygens (including phenoxy) is 1. The van der Waals surface area contributed by atoms with Crippen molar-refractivity contribution in [3.8, 4) is 11.8 Å². The van der Waals surface area contributed by atoms with Crippen molar-refractivity contribution in [3.63, 3.8) is 0 Å². The van der Waals surface area contributed by atoms with E-state index in [-0.39, 0.29) is 11.9 Å². The summed E-state index contributed by atoms with van der Waals surface area (Å²) >= 11 is 0. The highest BCUT2D eigenvalue weighted by Crippen LogP contribution is 2.32. The third kappa shape index (κ3) is 7.99. The summed E-state index contributed by atoms with van der Waals surface area (Å²) in [5, 5.41) is 8.50. The summed E-state index contributed by atoms with van der Waals surface area (Å²) < 4.78 is 5.61. The first-order valence-electron chi connectivity index (χ1n) is 10.6. The highest BCUT2D eigenvalue weighted by atomic mass is 16.5. The SMILES string of the molecule is CCCCCCc1ccc(OC(=O)C2CCC(CC/C=C/C#N)CC2)cc1. The number of rotatable bonds is 10. The van der Waals surface area contributed by atoms with Crippen molar-refractivity contribution in [3.05, 3.63) is 42.0 Å². The maximum atomic E-state index is 12.4. The molecule has 1 aromatic carbocycles. The van der Waals surface area contributed by atoms with E-state index in [1.807, 2.05) is 24.3 Å². The Morgan fingerprint density at radius 1 is 1.15 bits per heavy atom. The molecule has 0 radical (unpaired) electrons. The number of nitriles is 1. The van der Waals surface area contributed by atoms with E-state index in [4.69, 9.17) is 10.00 Å². The van der Waals surface area contributed by atoms with Crippen molar-refractivity contribution in [2.24, 2.45) is 11.8 Å². The van der Waals surface area contributed by atoms with Crippen LogP contribution in [0.3, 0.4) is 0 Å². The molecular weight excluding hydrogens is 334 g/mol. The summed E-state index contributed by atoms with van der Waals surface area (Å²) in [4.78, 5) is 12.4. The average molecular weight is 368 g/mol. The molecule has 0 atom stereocenters. The Balaban J connectivity index is 1.69. The topological polar surface area (TPSA) is 50.1 Å². The molecule has 0 unspecified atom stereocenters. The molecule has 0 aliphatic heterocycles. The minimum atomic E-state index is -0.0754. The van der Waals surface area contributed by atoms with Gasteiger partial charge >= 0.3 is 5.97 Å². The normalized spacial score (nSPS) is 19.7. The Labute approximate surface area is 164 Å². The molecule has 0 saturated heterocycles. The first kappa shape index (κ1) is 21.2. The smallest absolute Gasteiger partial charge is 0.314 e. The van der Waals surface area contributed by atoms with Crippen LogP contribution in [-0.4, -0.2) is 5.97 Å². The lowest BCUT2D eigenvalue weighted by Crippen LogP contribution is -2.25. The Morgan fingerprint density at radius 3 is 2.56 bits per heavy atom. The van der Waals surface area contributed by atoms with E-state index in [0.29, 0.717) is 11.7 Å². The number of hydrogen-bond acceptors (Lipinski definition) is 3. The van der Waals surface area contributed by atoms with Crippen molar-refractivity contribution in [1.82, 2.24) is 0 Å². The summed E-state index contributed by atoms with van der Waals surface area (Å²) in [5.74, 6) is 1.30. The number of esters is 1. The lowest BCUT2D eigenvalue weighted by atomic mass is 9.80. The highest BCUT2D eigenvalue weighted by molar-refractivity contribution is 5.75. The van der Waals surface area contributed by atoms with Gasteiger partial charge in [-0.1, -0.05) is 44.4 Å². The van der Waals surface area contributed by atoms with E-state index in [0.717, 1.165) is 44.9 Å². The standard InChI is InChI=1S/C24H33NO2/c1-2-3-4-6-9-21-13-17-23(18-14-21)27-24(26)22-15-11-20(12-16-22)10-7-5-8-19-25/h5,8,13-14,17-18,20,22H,2-4,6-7,9-12,15-16H2,1H3/b8-5+. The van der Waals surface area contributed by atoms with E-state index in [9.17, 15) is 4.79 Å². The molecular formula is C24H33NO2. The maximum absolute atomic E-state index is 12.4. The van der Waals surface area contributed by atoms with E-state index in [2.05, 4.69) is 19.1 Å². The van der Waals surface area contributed by atoms with Crippen LogP contribution in [0.25, 0.3) is 0 Å². The molecule has 1 aliphatic rings. The van der Waals surface area contributed by atoms with E-state index in [1.54, 1.807) is 6.08 Å². The highest BCUT2D eigenvalue weighted by Gasteiger charge is 2.27. The quantitative estimate of drug-likeness (QED) is 0.209. The molecule has 146 valence electrons. The van der Waals surface area contributed by atoms with Gasteiger partial charge in [-0.05, 0) is 75.0 Å². The average Bonchev–Trinajstić information content (AvgIpc) is 2.70. The zero-order valence-electron chi connectivity index (χ0n) is 16.7. The van der Waals surface area contributed by atoms with Crippen LogP contribution >= 0.6 is 0 Å². The lowest BCUT2D eigenvalue weighted by Gasteiger charge is -2.26. The molecule has 1 saturated carbocycles. The lowest BCUT2D eigenvalue weighted by molar-refractivity contribution is -0.140. The predicted molar refractivity (Wildman–Crippen MR) is 109 cm³/mol. The van der Waals surface area contributed by atoms with Gasteiger partial charge in [0.05, 0.1) is 12.0 Å². The summed E-state index contributed by atoms with van der Waals surface area (Å²) in [6.45, 7) is 2.23. The van der Waals surface area contributed by atoms with Crippen molar-refractivity contribution in [2.75, 3.05) is 0 Å². The summed E-state index contributed by atoms with van der Waals surface area (Å²) in [6.07, 6.45) is 15.7. The van der Waals surface area contributed by atoms with E-state index < -0.39 is 0 Å². The first-order chi connectivity index (χ1) is 13.2. The van der Waals surface area contributed by atoms with Crippen LogP contribution in [0.4, 0.5) is 0 Å². The summed E-state index contributed by atoms with van der Waals surface area (Å²) in [5.41, 5.74) is 1.32. The number of benzene rings is 1. The van der Waals surface area contributed by atoms with Crippen molar-refractivity contribution in [1.29, 1.82) is 5.26 Å². The van der Waals surface area contributed by atoms with Gasteiger partial charge in [0.25, 0.3) is 0 Å². The molecule has 0 aromatic heterocycles. The first-order valence-corrected chi connectivity index (χ1v) is 10.6. The fourth-order valence-electron chi connectivity index (χ4n) is 3.83. The largest absolute Gasteiger partial charge is 0.426 e. The minimum absolute atomic E-state index is 0.0321. The van der Waals surface area contributed by atoms with Gasteiger partial charge < -0.3 is 4.74 Å². The fourth-order valence-corrected chi connectivity index (χ4v) is 3.83. The Bertz CT molecular complexity index is 619. The van der Waals surface area contributed by atoms with Gasteiger partial charge in [-0.3, -0.25) is 4.79 Å². The van der Waals surface area contributed by atoms with Crippen LogP contribution in [0.2, 0.25) is 0 Å². The molecule has 3 nitrogen and oxygen atoms in total. The molecule has 1 aliphatic carbocycles. The second kappa shape index (κ2) is 12.3. The Hall–Kier alpha value is -2.08. The van der Waals surface area contributed by atoms with Gasteiger partial charge in [-0.25, -0.2) is 0 Å². The second-order valence-electron chi connectivity index (χ2n) is 7.70. The van der Waals surface area contributed by atoms with E-state index in [1.165, 1.54) is 31.2 Å². The molecule has 2 rings (SSSR count). The van der Waals surface area contributed by atoms with Crippen LogP contribution < -0.4 is 4.74 Å². The molecule has 1 aromatic rings. The number of aryl methyl sites for hydroxylation is 1. The third-order valence-electron chi connectivity index (χ3n) is 5.57. The number of carbonyl (C=O) groups excluding carboxylic acids is 1. The maximum Gasteiger partial charge on any atom is 0.314 e. The van der Waals surface area contributed by atoms with Crippen LogP contribution in [0.15, 0.2) is 36.4 Å². The molecule has 27 heavy (non-hydrogen) atoms. The number of carbonyl (C=O) groups is 1. The molecule has 0 amide bonds. The Morgan fingerprint density at radius 2 is 1.89 bits per heavy atom. The fraction of sp³-hybridized carbons (Fsp3) is 0.583. The molecule has 0 bridgehead atoms. The van der Waals surface area contributed by atoms with Gasteiger partial charge in [-0.2, -0.15) is 5.26 Å². The number of hydrogen-bond donors (Lipinski definition) is 0. The monoisotopic (exact) mass is 367 g/mol. The van der Waals surface area contributed by atoms with Gasteiger partial charge in [0, 0.05) is 6.08 Å². The summed E-state index contributed by atoms with van der Waals surface area (Å²) in [7, 11) is 0. The zero-order chi connectivity index (χ0) is 19.3. The molecule has 0 N–H and O–H groups in total. The zero-order valence-corrected chi connectivity index (χ0v) is 16.7. The molecule has 0 spiro atoms. The van der Waals surface area contributed by atoms with Gasteiger partial charge in [0.1, 0.15) is 5.75 Å². The number of allylic oxidation sites excluding steroid dienone is 2. The van der Waals surface area contributed by atoms with Crippen LogP contribution in [0.1, 0.15) is 76.7 Å². The van der Waals surface area contributed by atoms with Gasteiger partial charge in [0.15, 0.2) is 0 Å². The van der Waals surface area contributed by atoms with Crippen molar-refractivity contribution < 1.29 is 9.53 Å². The van der Waals surface area contributed by atoms with Crippen LogP contribution in [-0.2, 0) is 11.2 Å². The molecule has 0 heterocycles. The molecule has 3 heteroatoms. The number of nitrogens with zero attached hydrogens (tertiary/aromatic N) is 1. The molecule has 1 fully saturated rings. The van der Waals surface area contributed by atoms with E-state index >= 15 is 0 Å². The Kier molecular flexibility index (Phi) is 9.69. The third-order valence-corrected chi connectivity index (χ3v) is 5.57. The van der Waals surface area contributed by atoms with Crippen LogP contribution in [0.5, 0.6) is 5.75 Å². The number of unbranched alkanes of at least 4 members (excludes halogenated alkanes) is 3. The summed E-state index contributed by atoms with van der Waals surface area (Å²) in [6, 6.07) is 10.1. The predicted octanol–water partition coefficient (Wildman–Crippen LogP) is 6.38. The van der Waals surface area contributed by atoms with Crippen molar-refractivity contribution >= 4 is 5.97 Å². The minimum Gasteiger partial charge on any atom is -0.426 e. The second-order valence-corrected chi connectivity index (χ2v) is 7.70. The van der Waals surface area contributed by atoms with Gasteiger partial charge in [0.2, 0.25) is 0 Å². The van der Waals surface area contributed by atoms with Crippen LogP contribution in [0, 0.1) is 23.2 Å².